The van der Waals surface area contributed by atoms with Gasteiger partial charge in [-0.3, -0.25) is 0 Å². The molecule has 0 aliphatic carbocycles. The molecule has 6 nitrogen and oxygen atoms in total. The number of methoxy groups -OCH3 is 1. The van der Waals surface area contributed by atoms with Crippen LogP contribution >= 0.6 is 0 Å². The molecule has 2 amide bonds. The second kappa shape index (κ2) is 5.35. The van der Waals surface area contributed by atoms with Crippen molar-refractivity contribution >= 4 is 12.0 Å². The maximum absolute atomic E-state index is 11.8. The molecule has 0 unspecified atom stereocenters. The van der Waals surface area contributed by atoms with Gasteiger partial charge in [-0.25, -0.2) is 9.59 Å². The number of ether oxygens (including phenoxy) is 1. The van der Waals surface area contributed by atoms with Gasteiger partial charge in [0.2, 0.25) is 0 Å². The van der Waals surface area contributed by atoms with Crippen LogP contribution in [0.15, 0.2) is 0 Å². The Morgan fingerprint density at radius 1 is 1.53 bits per heavy atom. The standard InChI is InChI=1S/C11H20N2O4/c1-11(2,17-3)7-12-10(16)13-6-4-5-8(13)9(14)15/h8H,4-7H2,1-3H3,(H,12,16)(H,14,15)/t8-/m0/s1. The molecule has 1 aliphatic rings. The van der Waals surface area contributed by atoms with Crippen molar-refractivity contribution in [1.29, 1.82) is 0 Å². The number of carbonyl (C=O) groups is 2. The Labute approximate surface area is 101 Å². The van der Waals surface area contributed by atoms with E-state index in [0.29, 0.717) is 19.5 Å². The minimum Gasteiger partial charge on any atom is -0.480 e. The van der Waals surface area contributed by atoms with Gasteiger partial charge < -0.3 is 20.1 Å². The van der Waals surface area contributed by atoms with E-state index < -0.39 is 17.6 Å². The first kappa shape index (κ1) is 13.8. The predicted octanol–water partition coefficient (Wildman–Crippen LogP) is 0.670. The van der Waals surface area contributed by atoms with Gasteiger partial charge in [-0.1, -0.05) is 0 Å². The number of likely N-dealkylation sites (tertiary alicyclic amines) is 1. The number of amides is 2. The second-order valence-electron chi connectivity index (χ2n) is 4.81. The number of hydrogen-bond donors (Lipinski definition) is 2. The quantitative estimate of drug-likeness (QED) is 0.762. The Hall–Kier alpha value is -1.30. The van der Waals surface area contributed by atoms with E-state index in [4.69, 9.17) is 9.84 Å². The molecule has 1 aliphatic heterocycles. The van der Waals surface area contributed by atoms with Crippen molar-refractivity contribution in [2.45, 2.75) is 38.3 Å². The number of carboxylic acids is 1. The molecule has 0 bridgehead atoms. The molecule has 1 saturated heterocycles. The van der Waals surface area contributed by atoms with E-state index in [1.54, 1.807) is 7.11 Å². The third kappa shape index (κ3) is 3.59. The van der Waals surface area contributed by atoms with Gasteiger partial charge in [0, 0.05) is 20.2 Å². The molecule has 17 heavy (non-hydrogen) atoms. The van der Waals surface area contributed by atoms with E-state index in [1.807, 2.05) is 13.8 Å². The molecule has 98 valence electrons. The first-order valence-corrected chi connectivity index (χ1v) is 5.70. The van der Waals surface area contributed by atoms with E-state index in [-0.39, 0.29) is 6.03 Å². The van der Waals surface area contributed by atoms with Crippen molar-refractivity contribution in [2.75, 3.05) is 20.2 Å². The Balaban J connectivity index is 2.50. The largest absolute Gasteiger partial charge is 0.480 e. The Kier molecular flexibility index (Phi) is 4.34. The first-order valence-electron chi connectivity index (χ1n) is 5.70. The number of hydrogen-bond acceptors (Lipinski definition) is 3. The van der Waals surface area contributed by atoms with Crippen LogP contribution in [0.3, 0.4) is 0 Å². The maximum atomic E-state index is 11.8. The number of nitrogens with zero attached hydrogens (tertiary/aromatic N) is 1. The van der Waals surface area contributed by atoms with Gasteiger partial charge in [0.1, 0.15) is 6.04 Å². The molecule has 0 aromatic rings. The molecular formula is C11H20N2O4. The monoisotopic (exact) mass is 244 g/mol. The highest BCUT2D eigenvalue weighted by Gasteiger charge is 2.34. The van der Waals surface area contributed by atoms with E-state index in [0.717, 1.165) is 6.42 Å². The Morgan fingerprint density at radius 2 is 2.18 bits per heavy atom. The highest BCUT2D eigenvalue weighted by molar-refractivity contribution is 5.83. The molecule has 1 fully saturated rings. The summed E-state index contributed by atoms with van der Waals surface area (Å²) in [5.41, 5.74) is -0.450. The van der Waals surface area contributed by atoms with E-state index in [2.05, 4.69) is 5.32 Å². The van der Waals surface area contributed by atoms with Crippen LogP contribution in [0.1, 0.15) is 26.7 Å². The van der Waals surface area contributed by atoms with Crippen LogP contribution in [-0.4, -0.2) is 53.8 Å². The van der Waals surface area contributed by atoms with Gasteiger partial charge >= 0.3 is 12.0 Å². The predicted molar refractivity (Wildman–Crippen MR) is 61.9 cm³/mol. The van der Waals surface area contributed by atoms with E-state index in [1.165, 1.54) is 4.90 Å². The van der Waals surface area contributed by atoms with Gasteiger partial charge in [0.15, 0.2) is 0 Å². The second-order valence-corrected chi connectivity index (χ2v) is 4.81. The summed E-state index contributed by atoms with van der Waals surface area (Å²) >= 11 is 0. The summed E-state index contributed by atoms with van der Waals surface area (Å²) in [6.45, 7) is 4.55. The molecule has 0 aromatic heterocycles. The average Bonchev–Trinajstić information content (AvgIpc) is 2.75. The van der Waals surface area contributed by atoms with Crippen molar-refractivity contribution < 1.29 is 19.4 Å². The van der Waals surface area contributed by atoms with Crippen molar-refractivity contribution in [1.82, 2.24) is 10.2 Å². The van der Waals surface area contributed by atoms with Crippen LogP contribution in [0.5, 0.6) is 0 Å². The molecule has 1 heterocycles. The summed E-state index contributed by atoms with van der Waals surface area (Å²) < 4.78 is 5.18. The fourth-order valence-electron chi connectivity index (χ4n) is 1.73. The topological polar surface area (TPSA) is 78.9 Å². The lowest BCUT2D eigenvalue weighted by molar-refractivity contribution is -0.141. The zero-order chi connectivity index (χ0) is 13.1. The average molecular weight is 244 g/mol. The van der Waals surface area contributed by atoms with Gasteiger partial charge in [-0.05, 0) is 26.7 Å². The summed E-state index contributed by atoms with van der Waals surface area (Å²) in [5.74, 6) is -0.941. The highest BCUT2D eigenvalue weighted by Crippen LogP contribution is 2.17. The minimum absolute atomic E-state index is 0.333. The summed E-state index contributed by atoms with van der Waals surface area (Å²) in [6, 6.07) is -1.03. The SMILES string of the molecule is COC(C)(C)CNC(=O)N1CCC[C@H]1C(=O)O. The zero-order valence-electron chi connectivity index (χ0n) is 10.5. The molecule has 1 atom stereocenters. The molecule has 0 aromatic carbocycles. The summed E-state index contributed by atoms with van der Waals surface area (Å²) in [6.07, 6.45) is 1.26. The Morgan fingerprint density at radius 3 is 2.71 bits per heavy atom. The summed E-state index contributed by atoms with van der Waals surface area (Å²) in [7, 11) is 1.57. The molecule has 6 heteroatoms. The fraction of sp³-hybridized carbons (Fsp3) is 0.818. The number of rotatable bonds is 4. The van der Waals surface area contributed by atoms with Crippen LogP contribution in [0.4, 0.5) is 4.79 Å². The smallest absolute Gasteiger partial charge is 0.326 e. The number of urea groups is 1. The summed E-state index contributed by atoms with van der Waals surface area (Å²) in [4.78, 5) is 24.1. The van der Waals surface area contributed by atoms with E-state index in [9.17, 15) is 9.59 Å². The molecule has 2 N–H and O–H groups in total. The molecular weight excluding hydrogens is 224 g/mol. The van der Waals surface area contributed by atoms with Crippen LogP contribution in [-0.2, 0) is 9.53 Å². The van der Waals surface area contributed by atoms with Gasteiger partial charge in [-0.2, -0.15) is 0 Å². The number of carboxylic acid groups (broad SMARTS) is 1. The third-order valence-electron chi connectivity index (χ3n) is 3.02. The maximum Gasteiger partial charge on any atom is 0.326 e. The van der Waals surface area contributed by atoms with Crippen molar-refractivity contribution in [3.8, 4) is 0 Å². The first-order chi connectivity index (χ1) is 7.87. The lowest BCUT2D eigenvalue weighted by Crippen LogP contribution is -2.49. The van der Waals surface area contributed by atoms with Crippen LogP contribution < -0.4 is 5.32 Å². The Bertz CT molecular complexity index is 304. The highest BCUT2D eigenvalue weighted by atomic mass is 16.5. The van der Waals surface area contributed by atoms with Gasteiger partial charge in [-0.15, -0.1) is 0 Å². The molecule has 0 radical (unpaired) electrons. The van der Waals surface area contributed by atoms with Gasteiger partial charge in [0.25, 0.3) is 0 Å². The lowest BCUT2D eigenvalue weighted by Gasteiger charge is -2.27. The molecule has 1 rings (SSSR count). The normalized spacial score (nSPS) is 20.4. The number of nitrogens with one attached hydrogen (secondary N) is 1. The lowest BCUT2D eigenvalue weighted by atomic mass is 10.1. The number of carbonyl (C=O) groups excluding carboxylic acids is 1. The van der Waals surface area contributed by atoms with Crippen molar-refractivity contribution in [3.05, 3.63) is 0 Å². The minimum atomic E-state index is -0.941. The third-order valence-corrected chi connectivity index (χ3v) is 3.02. The van der Waals surface area contributed by atoms with Crippen LogP contribution in [0.2, 0.25) is 0 Å². The fourth-order valence-corrected chi connectivity index (χ4v) is 1.73. The van der Waals surface area contributed by atoms with Crippen molar-refractivity contribution in [2.24, 2.45) is 0 Å². The number of aliphatic carboxylic acids is 1. The van der Waals surface area contributed by atoms with Crippen LogP contribution in [0, 0.1) is 0 Å². The summed E-state index contributed by atoms with van der Waals surface area (Å²) in [5, 5.41) is 11.7. The van der Waals surface area contributed by atoms with Crippen LogP contribution in [0.25, 0.3) is 0 Å². The molecule has 0 spiro atoms. The van der Waals surface area contributed by atoms with E-state index >= 15 is 0 Å². The zero-order valence-corrected chi connectivity index (χ0v) is 10.5. The van der Waals surface area contributed by atoms with Gasteiger partial charge in [0.05, 0.1) is 5.60 Å². The van der Waals surface area contributed by atoms with Crippen molar-refractivity contribution in [3.63, 3.8) is 0 Å². The molecule has 0 saturated carbocycles.